The van der Waals surface area contributed by atoms with Gasteiger partial charge in [-0.05, 0) is 35.4 Å². The van der Waals surface area contributed by atoms with Gasteiger partial charge in [0.2, 0.25) is 5.43 Å². The van der Waals surface area contributed by atoms with E-state index in [-0.39, 0.29) is 5.43 Å². The minimum absolute atomic E-state index is 0.0616. The molecule has 4 nitrogen and oxygen atoms in total. The Morgan fingerprint density at radius 3 is 2.41 bits per heavy atom. The second kappa shape index (κ2) is 6.26. The first kappa shape index (κ1) is 14.1. The monoisotopic (exact) mass is 292 g/mol. The van der Waals surface area contributed by atoms with Gasteiger partial charge >= 0.3 is 0 Å². The van der Waals surface area contributed by atoms with Gasteiger partial charge in [0, 0.05) is 12.5 Å². The first-order valence-corrected chi connectivity index (χ1v) is 7.03. The molecule has 0 saturated heterocycles. The molecule has 4 heteroatoms. The van der Waals surface area contributed by atoms with Crippen LogP contribution < -0.4 is 10.2 Å². The molecule has 0 spiro atoms. The smallest absolute Gasteiger partial charge is 0.204 e. The molecule has 1 N–H and O–H groups in total. The SMILES string of the molecule is COc1ccc(-c2cc(=O)c(Cc3ccccc3)n[nH]2)cc1. The fourth-order valence-corrected chi connectivity index (χ4v) is 2.26. The van der Waals surface area contributed by atoms with E-state index in [1.807, 2.05) is 54.6 Å². The number of aromatic amines is 1. The van der Waals surface area contributed by atoms with Gasteiger partial charge in [-0.3, -0.25) is 9.89 Å². The Morgan fingerprint density at radius 2 is 1.77 bits per heavy atom. The molecule has 3 aromatic rings. The molecule has 110 valence electrons. The Balaban J connectivity index is 1.87. The van der Waals surface area contributed by atoms with Crippen LogP contribution >= 0.6 is 0 Å². The number of ether oxygens (including phenoxy) is 1. The molecular weight excluding hydrogens is 276 g/mol. The number of hydrogen-bond acceptors (Lipinski definition) is 3. The van der Waals surface area contributed by atoms with E-state index < -0.39 is 0 Å². The van der Waals surface area contributed by atoms with Crippen molar-refractivity contribution in [3.8, 4) is 17.0 Å². The summed E-state index contributed by atoms with van der Waals surface area (Å²) < 4.78 is 5.13. The summed E-state index contributed by atoms with van der Waals surface area (Å²) in [6.45, 7) is 0. The third-order valence-electron chi connectivity index (χ3n) is 3.49. The Hall–Kier alpha value is -2.88. The van der Waals surface area contributed by atoms with Crippen molar-refractivity contribution in [1.82, 2.24) is 10.2 Å². The highest BCUT2D eigenvalue weighted by Gasteiger charge is 2.06. The van der Waals surface area contributed by atoms with E-state index in [0.29, 0.717) is 17.8 Å². The summed E-state index contributed by atoms with van der Waals surface area (Å²) in [5.74, 6) is 0.778. The first-order chi connectivity index (χ1) is 10.8. The Labute approximate surface area is 128 Å². The molecule has 0 aliphatic heterocycles. The number of hydrogen-bond donors (Lipinski definition) is 1. The molecule has 1 aromatic heterocycles. The zero-order valence-corrected chi connectivity index (χ0v) is 12.2. The largest absolute Gasteiger partial charge is 0.497 e. The number of nitrogens with one attached hydrogen (secondary N) is 1. The van der Waals surface area contributed by atoms with Gasteiger partial charge in [-0.15, -0.1) is 0 Å². The lowest BCUT2D eigenvalue weighted by Crippen LogP contribution is -2.13. The first-order valence-electron chi connectivity index (χ1n) is 7.03. The van der Waals surface area contributed by atoms with Gasteiger partial charge in [-0.2, -0.15) is 5.10 Å². The van der Waals surface area contributed by atoms with Crippen LogP contribution in [-0.2, 0) is 6.42 Å². The lowest BCUT2D eigenvalue weighted by molar-refractivity contribution is 0.415. The van der Waals surface area contributed by atoms with Crippen LogP contribution in [0.4, 0.5) is 0 Å². The highest BCUT2D eigenvalue weighted by molar-refractivity contribution is 5.59. The second-order valence-corrected chi connectivity index (χ2v) is 4.98. The van der Waals surface area contributed by atoms with E-state index in [4.69, 9.17) is 4.74 Å². The van der Waals surface area contributed by atoms with E-state index in [9.17, 15) is 4.79 Å². The molecule has 3 rings (SSSR count). The molecular formula is C18H16N2O2. The normalized spacial score (nSPS) is 10.4. The van der Waals surface area contributed by atoms with Crippen LogP contribution in [0, 0.1) is 0 Å². The summed E-state index contributed by atoms with van der Waals surface area (Å²) in [6, 6.07) is 18.9. The number of nitrogens with zero attached hydrogens (tertiary/aromatic N) is 1. The third kappa shape index (κ3) is 3.06. The van der Waals surface area contributed by atoms with Crippen molar-refractivity contribution in [2.75, 3.05) is 7.11 Å². The summed E-state index contributed by atoms with van der Waals surface area (Å²) in [6.07, 6.45) is 0.527. The van der Waals surface area contributed by atoms with Crippen LogP contribution in [0.25, 0.3) is 11.3 Å². The van der Waals surface area contributed by atoms with Crippen molar-refractivity contribution >= 4 is 0 Å². The Morgan fingerprint density at radius 1 is 1.05 bits per heavy atom. The molecule has 0 fully saturated rings. The maximum atomic E-state index is 12.2. The molecule has 0 radical (unpaired) electrons. The van der Waals surface area contributed by atoms with Gasteiger partial charge in [0.15, 0.2) is 0 Å². The van der Waals surface area contributed by atoms with E-state index in [2.05, 4.69) is 10.2 Å². The summed E-state index contributed by atoms with van der Waals surface area (Å²) in [7, 11) is 1.62. The zero-order valence-electron chi connectivity index (χ0n) is 12.2. The van der Waals surface area contributed by atoms with Gasteiger partial charge in [-0.25, -0.2) is 0 Å². The molecule has 0 aliphatic rings. The number of rotatable bonds is 4. The predicted octanol–water partition coefficient (Wildman–Crippen LogP) is 3.04. The third-order valence-corrected chi connectivity index (χ3v) is 3.49. The van der Waals surface area contributed by atoms with Gasteiger partial charge in [-0.1, -0.05) is 30.3 Å². The van der Waals surface area contributed by atoms with Crippen LogP contribution in [0.2, 0.25) is 0 Å². The maximum Gasteiger partial charge on any atom is 0.204 e. The van der Waals surface area contributed by atoms with Crippen LogP contribution in [-0.4, -0.2) is 17.3 Å². The lowest BCUT2D eigenvalue weighted by Gasteiger charge is -2.05. The van der Waals surface area contributed by atoms with Crippen LogP contribution in [0.1, 0.15) is 11.3 Å². The molecule has 0 amide bonds. The van der Waals surface area contributed by atoms with Gasteiger partial charge in [0.05, 0.1) is 12.8 Å². The molecule has 1 heterocycles. The molecule has 22 heavy (non-hydrogen) atoms. The predicted molar refractivity (Wildman–Crippen MR) is 86.1 cm³/mol. The van der Waals surface area contributed by atoms with Crippen molar-refractivity contribution < 1.29 is 4.74 Å². The molecule has 0 aliphatic carbocycles. The molecule has 2 aromatic carbocycles. The van der Waals surface area contributed by atoms with Crippen molar-refractivity contribution in [3.05, 3.63) is 82.1 Å². The highest BCUT2D eigenvalue weighted by atomic mass is 16.5. The number of benzene rings is 2. The second-order valence-electron chi connectivity index (χ2n) is 4.98. The topological polar surface area (TPSA) is 55.0 Å². The summed E-state index contributed by atoms with van der Waals surface area (Å²) in [5, 5.41) is 7.18. The van der Waals surface area contributed by atoms with Crippen molar-refractivity contribution in [3.63, 3.8) is 0 Å². The number of aromatic nitrogens is 2. The van der Waals surface area contributed by atoms with Gasteiger partial charge < -0.3 is 4.74 Å². The quantitative estimate of drug-likeness (QED) is 0.804. The van der Waals surface area contributed by atoms with Crippen LogP contribution in [0.3, 0.4) is 0 Å². The van der Waals surface area contributed by atoms with Crippen LogP contribution in [0.5, 0.6) is 5.75 Å². The number of methoxy groups -OCH3 is 1. The van der Waals surface area contributed by atoms with Crippen LogP contribution in [0.15, 0.2) is 65.5 Å². The van der Waals surface area contributed by atoms with Gasteiger partial charge in [0.25, 0.3) is 0 Å². The van der Waals surface area contributed by atoms with E-state index in [1.54, 1.807) is 13.2 Å². The summed E-state index contributed by atoms with van der Waals surface area (Å²) >= 11 is 0. The molecule has 0 bridgehead atoms. The summed E-state index contributed by atoms with van der Waals surface area (Å²) in [4.78, 5) is 12.2. The fraction of sp³-hybridized carbons (Fsp3) is 0.111. The van der Waals surface area contributed by atoms with Crippen molar-refractivity contribution in [1.29, 1.82) is 0 Å². The maximum absolute atomic E-state index is 12.2. The minimum Gasteiger partial charge on any atom is -0.497 e. The summed E-state index contributed by atoms with van der Waals surface area (Å²) in [5.41, 5.74) is 3.12. The van der Waals surface area contributed by atoms with E-state index in [1.165, 1.54) is 0 Å². The molecule has 0 unspecified atom stereocenters. The van der Waals surface area contributed by atoms with E-state index >= 15 is 0 Å². The van der Waals surface area contributed by atoms with Gasteiger partial charge in [0.1, 0.15) is 11.4 Å². The van der Waals surface area contributed by atoms with E-state index in [0.717, 1.165) is 16.9 Å². The van der Waals surface area contributed by atoms with Crippen molar-refractivity contribution in [2.24, 2.45) is 0 Å². The molecule has 0 saturated carbocycles. The number of H-pyrrole nitrogens is 1. The molecule has 0 atom stereocenters. The highest BCUT2D eigenvalue weighted by Crippen LogP contribution is 2.19. The fourth-order valence-electron chi connectivity index (χ4n) is 2.26. The average molecular weight is 292 g/mol. The zero-order chi connectivity index (χ0) is 15.4. The Bertz CT molecular complexity index is 808. The lowest BCUT2D eigenvalue weighted by atomic mass is 10.1. The minimum atomic E-state index is -0.0616. The Kier molecular flexibility index (Phi) is 4.01. The standard InChI is InChI=1S/C18H16N2O2/c1-22-15-9-7-14(8-10-15)16-12-18(21)17(20-19-16)11-13-5-3-2-4-6-13/h2-10,12H,11H2,1H3,(H,19,21). The average Bonchev–Trinajstić information content (AvgIpc) is 2.58. The van der Waals surface area contributed by atoms with Crippen molar-refractivity contribution in [2.45, 2.75) is 6.42 Å².